The molecule has 1 aromatic rings. The van der Waals surface area contributed by atoms with Crippen LogP contribution in [0.25, 0.3) is 0 Å². The van der Waals surface area contributed by atoms with E-state index in [0.717, 1.165) is 25.7 Å². The lowest BCUT2D eigenvalue weighted by molar-refractivity contribution is -0.384. The molecule has 8 heteroatoms. The van der Waals surface area contributed by atoms with Gasteiger partial charge < -0.3 is 4.74 Å². The van der Waals surface area contributed by atoms with Crippen LogP contribution in [0.15, 0.2) is 24.3 Å². The lowest BCUT2D eigenvalue weighted by Crippen LogP contribution is -2.47. The maximum absolute atomic E-state index is 11.4. The summed E-state index contributed by atoms with van der Waals surface area (Å²) in [6.07, 6.45) is 5.26. The highest BCUT2D eigenvalue weighted by atomic mass is 32.2. The molecular formula is C16H22N2O5S. The summed E-state index contributed by atoms with van der Waals surface area (Å²) in [4.78, 5) is 12.6. The molecule has 0 amide bonds. The summed E-state index contributed by atoms with van der Waals surface area (Å²) in [6, 6.07) is 6.91. The van der Waals surface area contributed by atoms with Gasteiger partial charge in [-0.25, -0.2) is 8.42 Å². The number of sulfone groups is 1. The molecule has 7 nitrogen and oxygen atoms in total. The maximum Gasteiger partial charge on any atom is 0.269 e. The van der Waals surface area contributed by atoms with Gasteiger partial charge in [-0.3, -0.25) is 15.0 Å². The van der Waals surface area contributed by atoms with Gasteiger partial charge in [0.1, 0.15) is 21.7 Å². The molecule has 2 unspecified atom stereocenters. The number of benzene rings is 1. The number of ether oxygens (including phenoxy) is 1. The highest BCUT2D eigenvalue weighted by Gasteiger charge is 2.41. The fourth-order valence-corrected chi connectivity index (χ4v) is 4.34. The molecule has 2 atom stereocenters. The molecule has 2 saturated heterocycles. The molecule has 0 spiro atoms. The number of rotatable bonds is 6. The van der Waals surface area contributed by atoms with Gasteiger partial charge in [0, 0.05) is 37.0 Å². The molecule has 0 saturated carbocycles. The van der Waals surface area contributed by atoms with E-state index in [0.29, 0.717) is 24.4 Å². The highest BCUT2D eigenvalue weighted by Crippen LogP contribution is 2.37. The Morgan fingerprint density at radius 3 is 2.29 bits per heavy atom. The van der Waals surface area contributed by atoms with Gasteiger partial charge in [-0.2, -0.15) is 0 Å². The van der Waals surface area contributed by atoms with Gasteiger partial charge in [0.15, 0.2) is 0 Å². The molecule has 2 fully saturated rings. The fraction of sp³-hybridized carbons (Fsp3) is 0.625. The van der Waals surface area contributed by atoms with Gasteiger partial charge in [0.25, 0.3) is 5.69 Å². The smallest absolute Gasteiger partial charge is 0.269 e. The van der Waals surface area contributed by atoms with Crippen molar-refractivity contribution in [1.29, 1.82) is 0 Å². The second-order valence-electron chi connectivity index (χ2n) is 6.71. The van der Waals surface area contributed by atoms with E-state index in [1.807, 2.05) is 0 Å². The van der Waals surface area contributed by atoms with E-state index in [9.17, 15) is 18.5 Å². The minimum absolute atomic E-state index is 0.0537. The number of fused-ring (bicyclic) bond motifs is 2. The number of hydrogen-bond donors (Lipinski definition) is 0. The molecule has 2 heterocycles. The molecule has 3 rings (SSSR count). The van der Waals surface area contributed by atoms with Crippen LogP contribution in [0.4, 0.5) is 5.69 Å². The van der Waals surface area contributed by atoms with Crippen molar-refractivity contribution in [2.24, 2.45) is 0 Å². The van der Waals surface area contributed by atoms with Gasteiger partial charge in [-0.1, -0.05) is 0 Å². The summed E-state index contributed by atoms with van der Waals surface area (Å²) in [5, 5.41) is 10.7. The Bertz CT molecular complexity index is 690. The molecule has 0 aromatic heterocycles. The zero-order valence-electron chi connectivity index (χ0n) is 13.6. The Balaban J connectivity index is 1.58. The molecule has 1 aromatic carbocycles. The Morgan fingerprint density at radius 2 is 1.79 bits per heavy atom. The Kier molecular flexibility index (Phi) is 4.78. The fourth-order valence-electron chi connectivity index (χ4n) is 3.80. The minimum Gasteiger partial charge on any atom is -0.490 e. The number of nitro benzene ring substituents is 1. The minimum atomic E-state index is -2.94. The summed E-state index contributed by atoms with van der Waals surface area (Å²) in [6.45, 7) is 0.596. The average molecular weight is 354 g/mol. The van der Waals surface area contributed by atoms with Crippen LogP contribution in [-0.2, 0) is 9.84 Å². The van der Waals surface area contributed by atoms with Crippen LogP contribution in [0.1, 0.15) is 25.7 Å². The van der Waals surface area contributed by atoms with Crippen molar-refractivity contribution < 1.29 is 18.1 Å². The van der Waals surface area contributed by atoms with Crippen molar-refractivity contribution in [2.45, 2.75) is 43.9 Å². The summed E-state index contributed by atoms with van der Waals surface area (Å²) >= 11 is 0. The van der Waals surface area contributed by atoms with E-state index < -0.39 is 14.8 Å². The largest absolute Gasteiger partial charge is 0.490 e. The van der Waals surface area contributed by atoms with Crippen LogP contribution in [0.3, 0.4) is 0 Å². The normalized spacial score (nSPS) is 27.1. The molecule has 0 N–H and O–H groups in total. The third kappa shape index (κ3) is 4.05. The molecule has 2 aliphatic rings. The van der Waals surface area contributed by atoms with E-state index in [1.165, 1.54) is 18.4 Å². The zero-order chi connectivity index (χ0) is 17.3. The van der Waals surface area contributed by atoms with Gasteiger partial charge in [-0.15, -0.1) is 0 Å². The first-order valence-corrected chi connectivity index (χ1v) is 10.2. The van der Waals surface area contributed by atoms with Crippen LogP contribution >= 0.6 is 0 Å². The third-order valence-corrected chi connectivity index (χ3v) is 5.84. The molecule has 0 aliphatic carbocycles. The Hall–Kier alpha value is -1.67. The number of piperidine rings is 1. The molecule has 0 radical (unpaired) electrons. The monoisotopic (exact) mass is 354 g/mol. The van der Waals surface area contributed by atoms with Crippen molar-refractivity contribution in [3.63, 3.8) is 0 Å². The predicted molar refractivity (Wildman–Crippen MR) is 90.0 cm³/mol. The number of nitro groups is 1. The first-order chi connectivity index (χ1) is 11.3. The molecule has 24 heavy (non-hydrogen) atoms. The summed E-state index contributed by atoms with van der Waals surface area (Å²) in [5.74, 6) is 0.850. The Morgan fingerprint density at radius 1 is 1.21 bits per heavy atom. The summed E-state index contributed by atoms with van der Waals surface area (Å²) in [5.41, 5.74) is 0.0537. The first kappa shape index (κ1) is 17.2. The molecule has 132 valence electrons. The van der Waals surface area contributed by atoms with Crippen molar-refractivity contribution in [3.05, 3.63) is 34.4 Å². The van der Waals surface area contributed by atoms with Gasteiger partial charge in [0.05, 0.1) is 10.7 Å². The lowest BCUT2D eigenvalue weighted by atomic mass is 10.00. The van der Waals surface area contributed by atoms with E-state index in [2.05, 4.69) is 4.90 Å². The van der Waals surface area contributed by atoms with E-state index in [-0.39, 0.29) is 17.5 Å². The van der Waals surface area contributed by atoms with Crippen LogP contribution in [-0.4, -0.2) is 55.0 Å². The van der Waals surface area contributed by atoms with Crippen molar-refractivity contribution in [1.82, 2.24) is 4.90 Å². The standard InChI is InChI=1S/C16H22N2O5S/c1-24(21,22)9-8-17-13-2-3-14(17)11-16(10-13)23-15-6-4-12(5-7-15)18(19)20/h4-7,13-14,16H,2-3,8-11H2,1H3. The van der Waals surface area contributed by atoms with Crippen LogP contribution in [0, 0.1) is 10.1 Å². The molecular weight excluding hydrogens is 332 g/mol. The quantitative estimate of drug-likeness (QED) is 0.573. The predicted octanol–water partition coefficient (Wildman–Crippen LogP) is 2.01. The number of nitrogens with zero attached hydrogens (tertiary/aromatic N) is 2. The van der Waals surface area contributed by atoms with Crippen LogP contribution in [0.2, 0.25) is 0 Å². The SMILES string of the molecule is CS(=O)(=O)CCN1C2CCC1CC(Oc1ccc([N+](=O)[O-])cc1)C2. The summed E-state index contributed by atoms with van der Waals surface area (Å²) in [7, 11) is -2.94. The van der Waals surface area contributed by atoms with E-state index in [1.54, 1.807) is 12.1 Å². The second kappa shape index (κ2) is 6.68. The van der Waals surface area contributed by atoms with Crippen LogP contribution < -0.4 is 4.74 Å². The lowest BCUT2D eigenvalue weighted by Gasteiger charge is -2.38. The molecule has 2 bridgehead atoms. The average Bonchev–Trinajstić information content (AvgIpc) is 2.74. The van der Waals surface area contributed by atoms with E-state index in [4.69, 9.17) is 4.74 Å². The Labute approximate surface area is 141 Å². The third-order valence-electron chi connectivity index (χ3n) is 4.91. The van der Waals surface area contributed by atoms with Crippen LogP contribution in [0.5, 0.6) is 5.75 Å². The topological polar surface area (TPSA) is 89.8 Å². The van der Waals surface area contributed by atoms with Crippen molar-refractivity contribution in [2.75, 3.05) is 18.6 Å². The van der Waals surface area contributed by atoms with Crippen molar-refractivity contribution >= 4 is 15.5 Å². The molecule has 2 aliphatic heterocycles. The van der Waals surface area contributed by atoms with Crippen molar-refractivity contribution in [3.8, 4) is 5.75 Å². The number of non-ortho nitro benzene ring substituents is 1. The second-order valence-corrected chi connectivity index (χ2v) is 8.97. The maximum atomic E-state index is 11.4. The van der Waals surface area contributed by atoms with Gasteiger partial charge in [-0.05, 0) is 37.8 Å². The van der Waals surface area contributed by atoms with Gasteiger partial charge >= 0.3 is 0 Å². The van der Waals surface area contributed by atoms with E-state index >= 15 is 0 Å². The zero-order valence-corrected chi connectivity index (χ0v) is 14.4. The number of hydrogen-bond acceptors (Lipinski definition) is 6. The highest BCUT2D eigenvalue weighted by molar-refractivity contribution is 7.90. The van der Waals surface area contributed by atoms with Gasteiger partial charge in [0.2, 0.25) is 0 Å². The first-order valence-electron chi connectivity index (χ1n) is 8.16. The summed E-state index contributed by atoms with van der Waals surface area (Å²) < 4.78 is 28.8.